The van der Waals surface area contributed by atoms with E-state index in [-0.39, 0.29) is 17.2 Å². The number of sulfonamides is 1. The van der Waals surface area contributed by atoms with Crippen molar-refractivity contribution in [2.24, 2.45) is 5.92 Å². The van der Waals surface area contributed by atoms with Gasteiger partial charge in [0.25, 0.3) is 0 Å². The Morgan fingerprint density at radius 1 is 1.31 bits per heavy atom. The van der Waals surface area contributed by atoms with Gasteiger partial charge in [-0.1, -0.05) is 13.3 Å². The maximum Gasteiger partial charge on any atom is 0.214 e. The second-order valence-electron chi connectivity index (χ2n) is 7.53. The standard InChI is InChI=1S/C17H22N6O2S/c1-2-10-7-11(22-26(24,25)12-3-4-12)8-13(10)17-21-20-15-9-19-16-14(23(15)17)5-6-18-16/h5-6,9-13,18,22H,2-4,7-8H2,1H3/t10-,11+,13+/m0/s1. The van der Waals surface area contributed by atoms with Crippen LogP contribution in [0.15, 0.2) is 18.5 Å². The van der Waals surface area contributed by atoms with Crippen molar-refractivity contribution >= 4 is 26.8 Å². The third-order valence-corrected chi connectivity index (χ3v) is 7.82. The highest BCUT2D eigenvalue weighted by Crippen LogP contribution is 2.42. The van der Waals surface area contributed by atoms with Gasteiger partial charge in [0.05, 0.1) is 17.0 Å². The van der Waals surface area contributed by atoms with Crippen LogP contribution in [0.25, 0.3) is 16.8 Å². The molecule has 3 aromatic rings. The monoisotopic (exact) mass is 374 g/mol. The quantitative estimate of drug-likeness (QED) is 0.710. The lowest BCUT2D eigenvalue weighted by molar-refractivity contribution is 0.449. The van der Waals surface area contributed by atoms with Crippen molar-refractivity contribution in [2.45, 2.75) is 56.2 Å². The summed E-state index contributed by atoms with van der Waals surface area (Å²) in [5, 5.41) is 8.58. The number of nitrogens with one attached hydrogen (secondary N) is 2. The SMILES string of the molecule is CC[C@H]1C[C@@H](NS(=O)(=O)C2CC2)C[C@H]1c1nnc2cnc3[nH]ccc3n12. The first kappa shape index (κ1) is 16.2. The van der Waals surface area contributed by atoms with Crippen LogP contribution in [0.3, 0.4) is 0 Å². The van der Waals surface area contributed by atoms with Crippen molar-refractivity contribution < 1.29 is 8.42 Å². The minimum absolute atomic E-state index is 0.0218. The minimum Gasteiger partial charge on any atom is -0.345 e. The molecule has 3 aromatic heterocycles. The van der Waals surface area contributed by atoms with Gasteiger partial charge in [-0.2, -0.15) is 0 Å². The number of rotatable bonds is 5. The van der Waals surface area contributed by atoms with Gasteiger partial charge in [0.1, 0.15) is 5.82 Å². The fourth-order valence-electron chi connectivity index (χ4n) is 4.33. The molecule has 0 spiro atoms. The van der Waals surface area contributed by atoms with Crippen LogP contribution in [0.5, 0.6) is 0 Å². The summed E-state index contributed by atoms with van der Waals surface area (Å²) in [5.41, 5.74) is 2.49. The third kappa shape index (κ3) is 2.52. The van der Waals surface area contributed by atoms with Crippen LogP contribution >= 0.6 is 0 Å². The lowest BCUT2D eigenvalue weighted by Gasteiger charge is -2.16. The molecule has 9 heteroatoms. The van der Waals surface area contributed by atoms with Crippen molar-refractivity contribution in [2.75, 3.05) is 0 Å². The van der Waals surface area contributed by atoms with E-state index in [0.29, 0.717) is 5.92 Å². The van der Waals surface area contributed by atoms with E-state index in [2.05, 4.69) is 36.2 Å². The number of nitrogens with zero attached hydrogens (tertiary/aromatic N) is 4. The molecule has 3 atom stereocenters. The molecular formula is C17H22N6O2S. The molecule has 0 unspecified atom stereocenters. The van der Waals surface area contributed by atoms with E-state index in [9.17, 15) is 8.42 Å². The molecule has 0 aliphatic heterocycles. The fraction of sp³-hybridized carbons (Fsp3) is 0.588. The van der Waals surface area contributed by atoms with Crippen molar-refractivity contribution in [1.29, 1.82) is 0 Å². The van der Waals surface area contributed by atoms with E-state index < -0.39 is 10.0 Å². The van der Waals surface area contributed by atoms with Crippen molar-refractivity contribution in [3.63, 3.8) is 0 Å². The predicted octanol–water partition coefficient (Wildman–Crippen LogP) is 1.96. The molecule has 8 nitrogen and oxygen atoms in total. The molecule has 26 heavy (non-hydrogen) atoms. The maximum absolute atomic E-state index is 12.3. The summed E-state index contributed by atoms with van der Waals surface area (Å²) in [6.45, 7) is 2.16. The Kier molecular flexibility index (Phi) is 3.58. The summed E-state index contributed by atoms with van der Waals surface area (Å²) >= 11 is 0. The average Bonchev–Trinajstić information content (AvgIpc) is 3.06. The third-order valence-electron chi connectivity index (χ3n) is 5.81. The number of aromatic amines is 1. The lowest BCUT2D eigenvalue weighted by Crippen LogP contribution is -2.35. The van der Waals surface area contributed by atoms with Crippen LogP contribution in [0, 0.1) is 5.92 Å². The zero-order valence-electron chi connectivity index (χ0n) is 14.6. The Morgan fingerprint density at radius 3 is 2.92 bits per heavy atom. The first-order valence-corrected chi connectivity index (χ1v) is 10.8. The van der Waals surface area contributed by atoms with Crippen LogP contribution in [-0.2, 0) is 10.0 Å². The molecule has 2 N–H and O–H groups in total. The molecule has 0 aromatic carbocycles. The van der Waals surface area contributed by atoms with Gasteiger partial charge >= 0.3 is 0 Å². The summed E-state index contributed by atoms with van der Waals surface area (Å²) in [4.78, 5) is 7.49. The highest BCUT2D eigenvalue weighted by atomic mass is 32.2. The molecule has 5 rings (SSSR count). The van der Waals surface area contributed by atoms with Gasteiger partial charge in [-0.15, -0.1) is 10.2 Å². The van der Waals surface area contributed by atoms with Crippen LogP contribution in [0.4, 0.5) is 0 Å². The van der Waals surface area contributed by atoms with E-state index in [1.165, 1.54) is 0 Å². The van der Waals surface area contributed by atoms with E-state index in [1.54, 1.807) is 6.20 Å². The molecule has 138 valence electrons. The molecule has 3 heterocycles. The maximum atomic E-state index is 12.3. The molecule has 2 aliphatic rings. The second kappa shape index (κ2) is 5.75. The van der Waals surface area contributed by atoms with E-state index in [1.807, 2.05) is 12.3 Å². The molecule has 0 radical (unpaired) electrons. The van der Waals surface area contributed by atoms with Crippen LogP contribution in [0.1, 0.15) is 50.8 Å². The number of hydrogen-bond donors (Lipinski definition) is 2. The Bertz CT molecular complexity index is 1070. The molecule has 0 bridgehead atoms. The van der Waals surface area contributed by atoms with E-state index in [4.69, 9.17) is 0 Å². The summed E-state index contributed by atoms with van der Waals surface area (Å²) in [5.74, 6) is 1.48. The Balaban J connectivity index is 1.50. The minimum atomic E-state index is -3.17. The molecule has 2 aliphatic carbocycles. The highest BCUT2D eigenvalue weighted by molar-refractivity contribution is 7.90. The largest absolute Gasteiger partial charge is 0.345 e. The van der Waals surface area contributed by atoms with Gasteiger partial charge in [0.15, 0.2) is 11.3 Å². The summed E-state index contributed by atoms with van der Waals surface area (Å²) < 4.78 is 29.7. The van der Waals surface area contributed by atoms with Crippen LogP contribution in [0.2, 0.25) is 0 Å². The molecule has 2 saturated carbocycles. The number of hydrogen-bond acceptors (Lipinski definition) is 5. The van der Waals surface area contributed by atoms with Gasteiger partial charge < -0.3 is 4.98 Å². The number of fused-ring (bicyclic) bond motifs is 3. The summed E-state index contributed by atoms with van der Waals surface area (Å²) in [6, 6.07) is 1.96. The van der Waals surface area contributed by atoms with Gasteiger partial charge in [-0.05, 0) is 37.7 Å². The smallest absolute Gasteiger partial charge is 0.214 e. The first-order chi connectivity index (χ1) is 12.6. The normalized spacial score (nSPS) is 26.9. The molecular weight excluding hydrogens is 352 g/mol. The molecule has 0 saturated heterocycles. The summed E-state index contributed by atoms with van der Waals surface area (Å²) in [7, 11) is -3.17. The van der Waals surface area contributed by atoms with Crippen molar-refractivity contribution in [1.82, 2.24) is 29.3 Å². The van der Waals surface area contributed by atoms with E-state index in [0.717, 1.165) is 54.7 Å². The van der Waals surface area contributed by atoms with Crippen LogP contribution < -0.4 is 4.72 Å². The first-order valence-electron chi connectivity index (χ1n) is 9.25. The summed E-state index contributed by atoms with van der Waals surface area (Å²) in [6.07, 6.45) is 7.76. The van der Waals surface area contributed by atoms with Crippen molar-refractivity contribution in [3.8, 4) is 0 Å². The number of aromatic nitrogens is 5. The Hall–Kier alpha value is -2.00. The topological polar surface area (TPSA) is 105 Å². The van der Waals surface area contributed by atoms with Gasteiger partial charge in [0, 0.05) is 18.2 Å². The zero-order valence-corrected chi connectivity index (χ0v) is 15.4. The molecule has 0 amide bonds. The van der Waals surface area contributed by atoms with Crippen LogP contribution in [-0.4, -0.2) is 44.3 Å². The van der Waals surface area contributed by atoms with Crippen molar-refractivity contribution in [3.05, 3.63) is 24.3 Å². The zero-order chi connectivity index (χ0) is 17.9. The second-order valence-corrected chi connectivity index (χ2v) is 9.52. The van der Waals surface area contributed by atoms with Gasteiger partial charge in [-0.3, -0.25) is 4.40 Å². The average molecular weight is 374 g/mol. The Labute approximate surface area is 151 Å². The predicted molar refractivity (Wildman–Crippen MR) is 97.3 cm³/mol. The van der Waals surface area contributed by atoms with E-state index >= 15 is 0 Å². The fourth-order valence-corrected chi connectivity index (χ4v) is 5.94. The number of H-pyrrole nitrogens is 1. The van der Waals surface area contributed by atoms with Gasteiger partial charge in [-0.25, -0.2) is 18.1 Å². The molecule has 2 fully saturated rings. The highest BCUT2D eigenvalue weighted by Gasteiger charge is 2.42. The van der Waals surface area contributed by atoms with Gasteiger partial charge in [0.2, 0.25) is 10.0 Å². The lowest BCUT2D eigenvalue weighted by atomic mass is 9.93. The Morgan fingerprint density at radius 2 is 2.15 bits per heavy atom.